The first-order valence-electron chi connectivity index (χ1n) is 12.6. The number of hydrogen-bond acceptors (Lipinski definition) is 5. The van der Waals surface area contributed by atoms with E-state index in [1.807, 2.05) is 12.3 Å². The summed E-state index contributed by atoms with van der Waals surface area (Å²) in [7, 11) is 0. The summed E-state index contributed by atoms with van der Waals surface area (Å²) in [5, 5.41) is 3.31. The lowest BCUT2D eigenvalue weighted by Gasteiger charge is -2.37. The van der Waals surface area contributed by atoms with E-state index in [9.17, 15) is 4.79 Å². The molecule has 1 N–H and O–H groups in total. The molecule has 3 heterocycles. The van der Waals surface area contributed by atoms with E-state index in [2.05, 4.69) is 20.1 Å². The van der Waals surface area contributed by atoms with Gasteiger partial charge in [0.25, 0.3) is 0 Å². The van der Waals surface area contributed by atoms with E-state index in [0.717, 1.165) is 63.1 Å². The first-order chi connectivity index (χ1) is 15.2. The highest BCUT2D eigenvalue weighted by molar-refractivity contribution is 5.76. The molecule has 1 amide bonds. The summed E-state index contributed by atoms with van der Waals surface area (Å²) in [6.45, 7) is 6.37. The number of pyridine rings is 1. The molecule has 0 aromatic carbocycles. The Kier molecular flexibility index (Phi) is 6.63. The molecule has 5 rings (SSSR count). The van der Waals surface area contributed by atoms with Gasteiger partial charge in [0.2, 0.25) is 5.91 Å². The molecule has 4 aliphatic rings. The van der Waals surface area contributed by atoms with Gasteiger partial charge >= 0.3 is 0 Å². The highest BCUT2D eigenvalue weighted by Gasteiger charge is 2.27. The van der Waals surface area contributed by atoms with Crippen molar-refractivity contribution in [3.8, 4) is 5.75 Å². The molecule has 2 aliphatic heterocycles. The molecule has 6 nitrogen and oxygen atoms in total. The van der Waals surface area contributed by atoms with E-state index < -0.39 is 0 Å². The summed E-state index contributed by atoms with van der Waals surface area (Å²) < 4.78 is 5.71. The monoisotopic (exact) mass is 426 g/mol. The molecule has 0 atom stereocenters. The van der Waals surface area contributed by atoms with Crippen LogP contribution in [0.3, 0.4) is 0 Å². The Balaban J connectivity index is 0.995. The number of nitrogens with one attached hydrogen (secondary N) is 1. The van der Waals surface area contributed by atoms with Crippen molar-refractivity contribution in [3.63, 3.8) is 0 Å². The van der Waals surface area contributed by atoms with E-state index in [4.69, 9.17) is 4.74 Å². The smallest absolute Gasteiger partial charge is 0.220 e. The zero-order valence-corrected chi connectivity index (χ0v) is 18.9. The zero-order valence-electron chi connectivity index (χ0n) is 18.9. The van der Waals surface area contributed by atoms with Gasteiger partial charge in [-0.15, -0.1) is 0 Å². The van der Waals surface area contributed by atoms with Crippen LogP contribution in [0.25, 0.3) is 0 Å². The van der Waals surface area contributed by atoms with Gasteiger partial charge in [-0.05, 0) is 69.4 Å². The predicted octanol–water partition coefficient (Wildman–Crippen LogP) is 3.39. The lowest BCUT2D eigenvalue weighted by Crippen LogP contribution is -2.47. The second-order valence-corrected chi connectivity index (χ2v) is 10.1. The molecule has 3 fully saturated rings. The molecule has 2 aliphatic carbocycles. The van der Waals surface area contributed by atoms with E-state index >= 15 is 0 Å². The summed E-state index contributed by atoms with van der Waals surface area (Å²) in [5.74, 6) is 3.98. The number of anilines is 1. The van der Waals surface area contributed by atoms with Crippen molar-refractivity contribution in [1.29, 1.82) is 0 Å². The molecule has 6 heteroatoms. The Hall–Kier alpha value is -1.82. The second-order valence-electron chi connectivity index (χ2n) is 10.1. The van der Waals surface area contributed by atoms with Crippen LogP contribution in [0.5, 0.6) is 5.75 Å². The number of fused-ring (bicyclic) bond motifs is 1. The van der Waals surface area contributed by atoms with Crippen molar-refractivity contribution in [2.24, 2.45) is 11.8 Å². The quantitative estimate of drug-likeness (QED) is 0.724. The van der Waals surface area contributed by atoms with Crippen LogP contribution >= 0.6 is 0 Å². The fourth-order valence-corrected chi connectivity index (χ4v) is 5.76. The molecule has 1 aromatic rings. The third-order valence-corrected chi connectivity index (χ3v) is 8.04. The van der Waals surface area contributed by atoms with Crippen molar-refractivity contribution in [3.05, 3.63) is 17.8 Å². The molecule has 2 saturated carbocycles. The molecule has 1 saturated heterocycles. The number of amides is 1. The standard InChI is InChI=1S/C25H38N4O2/c30-24(18-20-2-1-3-20)27-21-6-4-19(5-7-21)9-12-28-13-15-29(16-14-28)25-22-10-17-31-23(22)8-11-26-25/h8,11,19-21H,1-7,9-10,12-18H2,(H,27,30)/t19-,21-. The minimum Gasteiger partial charge on any atom is -0.493 e. The van der Waals surface area contributed by atoms with Crippen LogP contribution in [0, 0.1) is 11.8 Å². The molecular weight excluding hydrogens is 388 g/mol. The van der Waals surface area contributed by atoms with E-state index in [-0.39, 0.29) is 0 Å². The molecule has 0 spiro atoms. The van der Waals surface area contributed by atoms with Crippen LogP contribution in [0.2, 0.25) is 0 Å². The van der Waals surface area contributed by atoms with Crippen LogP contribution in [-0.2, 0) is 11.2 Å². The predicted molar refractivity (Wildman–Crippen MR) is 123 cm³/mol. The van der Waals surface area contributed by atoms with Crippen LogP contribution in [-0.4, -0.2) is 61.2 Å². The van der Waals surface area contributed by atoms with E-state index in [0.29, 0.717) is 17.9 Å². The molecule has 0 unspecified atom stereocenters. The molecule has 0 radical (unpaired) electrons. The number of piperazine rings is 1. The molecular formula is C25H38N4O2. The van der Waals surface area contributed by atoms with Gasteiger partial charge in [0.15, 0.2) is 0 Å². The van der Waals surface area contributed by atoms with Crippen molar-refractivity contribution >= 4 is 11.7 Å². The van der Waals surface area contributed by atoms with E-state index in [1.54, 1.807) is 0 Å². The number of carbonyl (C=O) groups excluding carboxylic acids is 1. The Morgan fingerprint density at radius 2 is 1.87 bits per heavy atom. The fraction of sp³-hybridized carbons (Fsp3) is 0.760. The topological polar surface area (TPSA) is 57.7 Å². The van der Waals surface area contributed by atoms with Crippen molar-refractivity contribution in [2.45, 2.75) is 70.3 Å². The highest BCUT2D eigenvalue weighted by Crippen LogP contribution is 2.33. The lowest BCUT2D eigenvalue weighted by molar-refractivity contribution is -0.123. The molecule has 170 valence electrons. The second kappa shape index (κ2) is 9.76. The average Bonchev–Trinajstić information content (AvgIpc) is 3.25. The maximum Gasteiger partial charge on any atom is 0.220 e. The van der Waals surface area contributed by atoms with E-state index in [1.165, 1.54) is 63.5 Å². The van der Waals surface area contributed by atoms with Crippen LogP contribution in [0.1, 0.15) is 63.4 Å². The summed E-state index contributed by atoms with van der Waals surface area (Å²) in [6, 6.07) is 2.42. The third-order valence-electron chi connectivity index (χ3n) is 8.04. The summed E-state index contributed by atoms with van der Waals surface area (Å²) in [6.07, 6.45) is 13.7. The number of rotatable bonds is 7. The zero-order chi connectivity index (χ0) is 21.0. The van der Waals surface area contributed by atoms with Gasteiger partial charge in [-0.1, -0.05) is 6.42 Å². The first-order valence-corrected chi connectivity index (χ1v) is 12.6. The average molecular weight is 427 g/mol. The molecule has 1 aromatic heterocycles. The molecule has 31 heavy (non-hydrogen) atoms. The largest absolute Gasteiger partial charge is 0.493 e. The Labute approximate surface area is 186 Å². The van der Waals surface area contributed by atoms with Crippen LogP contribution in [0.4, 0.5) is 5.82 Å². The van der Waals surface area contributed by atoms with Gasteiger partial charge in [-0.3, -0.25) is 9.69 Å². The number of hydrogen-bond donors (Lipinski definition) is 1. The Morgan fingerprint density at radius 1 is 1.06 bits per heavy atom. The number of nitrogens with zero attached hydrogens (tertiary/aromatic N) is 3. The van der Waals surface area contributed by atoms with Gasteiger partial charge in [-0.25, -0.2) is 4.98 Å². The number of carbonyl (C=O) groups is 1. The normalized spacial score (nSPS) is 26.8. The Morgan fingerprint density at radius 3 is 2.61 bits per heavy atom. The van der Waals surface area contributed by atoms with Crippen molar-refractivity contribution in [2.75, 3.05) is 44.2 Å². The van der Waals surface area contributed by atoms with Gasteiger partial charge in [0.1, 0.15) is 11.6 Å². The maximum absolute atomic E-state index is 12.2. The van der Waals surface area contributed by atoms with Crippen LogP contribution < -0.4 is 15.0 Å². The highest BCUT2D eigenvalue weighted by atomic mass is 16.5. The summed E-state index contributed by atoms with van der Waals surface area (Å²) in [5.41, 5.74) is 1.30. The maximum atomic E-state index is 12.2. The first kappa shape index (κ1) is 21.0. The lowest BCUT2D eigenvalue weighted by atomic mass is 9.82. The Bertz CT molecular complexity index is 750. The van der Waals surface area contributed by atoms with Gasteiger partial charge < -0.3 is 15.0 Å². The van der Waals surface area contributed by atoms with Crippen molar-refractivity contribution in [1.82, 2.24) is 15.2 Å². The minimum absolute atomic E-state index is 0.302. The van der Waals surface area contributed by atoms with Crippen LogP contribution in [0.15, 0.2) is 12.3 Å². The third kappa shape index (κ3) is 5.16. The number of aromatic nitrogens is 1. The molecule has 0 bridgehead atoms. The van der Waals surface area contributed by atoms with Gasteiger partial charge in [-0.2, -0.15) is 0 Å². The summed E-state index contributed by atoms with van der Waals surface area (Å²) >= 11 is 0. The minimum atomic E-state index is 0.302. The number of ether oxygens (including phenoxy) is 1. The van der Waals surface area contributed by atoms with Crippen molar-refractivity contribution < 1.29 is 9.53 Å². The summed E-state index contributed by atoms with van der Waals surface area (Å²) in [4.78, 5) is 21.9. The van der Waals surface area contributed by atoms with Gasteiger partial charge in [0.05, 0.1) is 6.61 Å². The fourth-order valence-electron chi connectivity index (χ4n) is 5.76. The van der Waals surface area contributed by atoms with Gasteiger partial charge in [0, 0.05) is 56.8 Å². The SMILES string of the molecule is O=C(CC1CCC1)N[C@H]1CC[C@H](CCN2CCN(c3nccc4c3CCO4)CC2)CC1.